The molecule has 15 nitrogen and oxygen atoms in total. The van der Waals surface area contributed by atoms with Gasteiger partial charge in [0, 0.05) is 64.6 Å². The molecule has 0 aromatic carbocycles. The zero-order valence-corrected chi connectivity index (χ0v) is 30.6. The van der Waals surface area contributed by atoms with Gasteiger partial charge in [-0.1, -0.05) is 38.5 Å². The highest BCUT2D eigenvalue weighted by molar-refractivity contribution is 5.87. The third kappa shape index (κ3) is 31.1. The normalized spacial score (nSPS) is 12.2. The summed E-state index contributed by atoms with van der Waals surface area (Å²) in [4.78, 5) is 81.5. The summed E-state index contributed by atoms with van der Waals surface area (Å²) >= 11 is 0. The van der Waals surface area contributed by atoms with Gasteiger partial charge in [-0.2, -0.15) is 0 Å². The number of unbranched alkanes of at least 4 members (excludes halogenated alkanes) is 8. The molecule has 0 saturated heterocycles. The van der Waals surface area contributed by atoms with Crippen molar-refractivity contribution in [2.24, 2.45) is 5.92 Å². The van der Waals surface area contributed by atoms with E-state index in [-0.39, 0.29) is 75.1 Å². The van der Waals surface area contributed by atoms with E-state index in [1.807, 2.05) is 0 Å². The number of nitrogens with one attached hydrogen (secondary N) is 3. The summed E-state index contributed by atoms with van der Waals surface area (Å²) in [7, 11) is 1.57. The van der Waals surface area contributed by atoms with Gasteiger partial charge in [0.1, 0.15) is 17.6 Å². The quantitative estimate of drug-likeness (QED) is 0.0502. The van der Waals surface area contributed by atoms with Crippen LogP contribution in [0.5, 0.6) is 0 Å². The smallest absolute Gasteiger partial charge is 0.320 e. The van der Waals surface area contributed by atoms with Gasteiger partial charge in [-0.15, -0.1) is 0 Å². The Kier molecular flexibility index (Phi) is 30.3. The molecule has 0 fully saturated rings. The maximum absolute atomic E-state index is 12.3. The van der Waals surface area contributed by atoms with Gasteiger partial charge in [0.25, 0.3) is 0 Å². The molecule has 0 radical (unpaired) electrons. The van der Waals surface area contributed by atoms with Gasteiger partial charge in [-0.05, 0) is 52.0 Å². The molecule has 2 amide bonds. The van der Waals surface area contributed by atoms with E-state index in [0.717, 1.165) is 51.4 Å². The van der Waals surface area contributed by atoms with Crippen molar-refractivity contribution in [3.8, 4) is 0 Å². The molecule has 51 heavy (non-hydrogen) atoms. The van der Waals surface area contributed by atoms with Crippen LogP contribution in [0.15, 0.2) is 0 Å². The van der Waals surface area contributed by atoms with E-state index in [2.05, 4.69) is 16.0 Å². The van der Waals surface area contributed by atoms with Gasteiger partial charge >= 0.3 is 17.9 Å². The number of amides is 2. The van der Waals surface area contributed by atoms with Crippen molar-refractivity contribution in [3.05, 3.63) is 0 Å². The number of likely N-dealkylation sites (N-methyl/N-ethyl adjacent to an activating group) is 1. The first-order valence-corrected chi connectivity index (χ1v) is 18.5. The fourth-order valence-corrected chi connectivity index (χ4v) is 5.26. The molecule has 0 rings (SSSR count). The van der Waals surface area contributed by atoms with Crippen LogP contribution >= 0.6 is 0 Å². The molecule has 0 saturated carbocycles. The third-order valence-corrected chi connectivity index (χ3v) is 8.34. The average Bonchev–Trinajstić information content (AvgIpc) is 3.08. The Labute approximate surface area is 302 Å². The van der Waals surface area contributed by atoms with Crippen molar-refractivity contribution < 1.29 is 58.4 Å². The van der Waals surface area contributed by atoms with Crippen molar-refractivity contribution in [1.29, 1.82) is 0 Å². The van der Waals surface area contributed by atoms with Crippen molar-refractivity contribution in [1.82, 2.24) is 16.0 Å². The van der Waals surface area contributed by atoms with E-state index in [4.69, 9.17) is 19.7 Å². The summed E-state index contributed by atoms with van der Waals surface area (Å²) < 4.78 is 10.9. The third-order valence-electron chi connectivity index (χ3n) is 8.34. The van der Waals surface area contributed by atoms with Gasteiger partial charge in [0.05, 0.1) is 25.7 Å². The first kappa shape index (κ1) is 47.6. The minimum Gasteiger partial charge on any atom is -0.481 e. The number of carbonyl (C=O) groups is 7. The second-order valence-corrected chi connectivity index (χ2v) is 12.8. The van der Waals surface area contributed by atoms with Crippen LogP contribution in [0.2, 0.25) is 0 Å². The van der Waals surface area contributed by atoms with Gasteiger partial charge in [0.2, 0.25) is 11.8 Å². The molecule has 0 aliphatic carbocycles. The second kappa shape index (κ2) is 32.5. The molecule has 0 unspecified atom stereocenters. The number of ketones is 2. The highest BCUT2D eigenvalue weighted by Gasteiger charge is 2.22. The molecule has 0 aromatic rings. The second-order valence-electron chi connectivity index (χ2n) is 12.8. The Morgan fingerprint density at radius 3 is 1.69 bits per heavy atom. The SMILES string of the molecule is CN[C@@H](CCCCNC(=O)CC[C@H](CC(=O)CCC(=O)NCCOCCOCCCC(=O)CCCCCCCCCCC(=O)O)C(=O)O)C(=O)O. The summed E-state index contributed by atoms with van der Waals surface area (Å²) in [5.74, 6) is -4.71. The minimum atomic E-state index is -1.18. The van der Waals surface area contributed by atoms with Crippen LogP contribution in [0.1, 0.15) is 128 Å². The van der Waals surface area contributed by atoms with Crippen molar-refractivity contribution >= 4 is 41.3 Å². The standard InChI is InChI=1S/C36H63N3O12/c1-37-31(36(48)49)15-10-11-21-38-32(42)19-17-28(35(46)47)27-30(41)18-20-33(43)39-22-24-51-26-25-50-23-12-14-29(40)13-8-6-4-2-3-5-7-9-16-34(44)45/h28,31,37H,2-27H2,1H3,(H,38,42)(H,39,43)(H,44,45)(H,46,47)(H,48,49)/t28-,31+/m1/s1. The Bertz CT molecular complexity index is 1020. The van der Waals surface area contributed by atoms with E-state index in [1.54, 1.807) is 7.05 Å². The number of carbonyl (C=O) groups excluding carboxylic acids is 4. The Hall–Kier alpha value is -3.43. The predicted molar refractivity (Wildman–Crippen MR) is 189 cm³/mol. The van der Waals surface area contributed by atoms with Crippen molar-refractivity contribution in [2.75, 3.05) is 46.6 Å². The first-order valence-electron chi connectivity index (χ1n) is 18.5. The van der Waals surface area contributed by atoms with Crippen LogP contribution in [-0.4, -0.2) is 109 Å². The first-order chi connectivity index (χ1) is 24.5. The van der Waals surface area contributed by atoms with Gasteiger partial charge in [-0.3, -0.25) is 33.6 Å². The molecule has 6 N–H and O–H groups in total. The maximum Gasteiger partial charge on any atom is 0.320 e. The van der Waals surface area contributed by atoms with Crippen LogP contribution in [0.4, 0.5) is 0 Å². The average molecular weight is 730 g/mol. The number of hydrogen-bond donors (Lipinski definition) is 6. The van der Waals surface area contributed by atoms with E-state index in [1.165, 1.54) is 0 Å². The number of hydrogen-bond acceptors (Lipinski definition) is 10. The number of carboxylic acid groups (broad SMARTS) is 3. The van der Waals surface area contributed by atoms with Gasteiger partial charge in [-0.25, -0.2) is 0 Å². The fourth-order valence-electron chi connectivity index (χ4n) is 5.26. The van der Waals surface area contributed by atoms with E-state index in [0.29, 0.717) is 64.9 Å². The summed E-state index contributed by atoms with van der Waals surface area (Å²) in [6.45, 7) is 2.01. The number of ether oxygens (including phenoxy) is 2. The molecule has 0 aliphatic heterocycles. The lowest BCUT2D eigenvalue weighted by Crippen LogP contribution is -2.34. The molecule has 294 valence electrons. The molecule has 0 aromatic heterocycles. The minimum absolute atomic E-state index is 0.0122. The van der Waals surface area contributed by atoms with E-state index >= 15 is 0 Å². The zero-order valence-electron chi connectivity index (χ0n) is 30.6. The Balaban J connectivity index is 3.75. The molecule has 0 spiro atoms. The topological polar surface area (TPSA) is 235 Å². The Morgan fingerprint density at radius 2 is 1.08 bits per heavy atom. The van der Waals surface area contributed by atoms with Crippen LogP contribution in [0, 0.1) is 5.92 Å². The fraction of sp³-hybridized carbons (Fsp3) is 0.806. The monoisotopic (exact) mass is 729 g/mol. The molecule has 0 heterocycles. The highest BCUT2D eigenvalue weighted by atomic mass is 16.5. The summed E-state index contributed by atoms with van der Waals surface area (Å²) in [6, 6.07) is -0.646. The number of rotatable bonds is 37. The lowest BCUT2D eigenvalue weighted by atomic mass is 9.95. The highest BCUT2D eigenvalue weighted by Crippen LogP contribution is 2.15. The summed E-state index contributed by atoms with van der Waals surface area (Å²) in [6.07, 6.45) is 11.1. The largest absolute Gasteiger partial charge is 0.481 e. The number of aliphatic carboxylic acids is 3. The lowest BCUT2D eigenvalue weighted by molar-refractivity contribution is -0.144. The molecule has 15 heteroatoms. The van der Waals surface area contributed by atoms with Gasteiger partial charge in [0.15, 0.2) is 0 Å². The van der Waals surface area contributed by atoms with Crippen LogP contribution in [-0.2, 0) is 43.0 Å². The molecular formula is C36H63N3O12. The van der Waals surface area contributed by atoms with E-state index in [9.17, 15) is 38.7 Å². The van der Waals surface area contributed by atoms with Crippen LogP contribution < -0.4 is 16.0 Å². The van der Waals surface area contributed by atoms with E-state index < -0.39 is 29.9 Å². The summed E-state index contributed by atoms with van der Waals surface area (Å²) in [5, 5.41) is 35.1. The lowest BCUT2D eigenvalue weighted by Gasteiger charge is -2.12. The van der Waals surface area contributed by atoms with Crippen LogP contribution in [0.3, 0.4) is 0 Å². The molecule has 0 aliphatic rings. The number of Topliss-reactive ketones (excluding diaryl/α,β-unsaturated/α-hetero) is 2. The molecular weight excluding hydrogens is 666 g/mol. The predicted octanol–water partition coefficient (Wildman–Crippen LogP) is 3.65. The van der Waals surface area contributed by atoms with Crippen molar-refractivity contribution in [3.63, 3.8) is 0 Å². The van der Waals surface area contributed by atoms with Gasteiger partial charge < -0.3 is 40.7 Å². The zero-order chi connectivity index (χ0) is 38.1. The Morgan fingerprint density at radius 1 is 0.510 bits per heavy atom. The summed E-state index contributed by atoms with van der Waals surface area (Å²) in [5.41, 5.74) is 0. The molecule has 0 bridgehead atoms. The van der Waals surface area contributed by atoms with Crippen LogP contribution in [0.25, 0.3) is 0 Å². The van der Waals surface area contributed by atoms with Crippen molar-refractivity contribution in [2.45, 2.75) is 134 Å². The molecule has 2 atom stereocenters. The number of carboxylic acids is 3. The maximum atomic E-state index is 12.3.